The number of hydrogen-bond donors (Lipinski definition) is 0. The largest absolute Gasteiger partial charge is 0.352 e. The van der Waals surface area contributed by atoms with Gasteiger partial charge in [0.25, 0.3) is 0 Å². The van der Waals surface area contributed by atoms with Crippen molar-refractivity contribution in [1.29, 1.82) is 0 Å². The molecule has 0 aromatic heterocycles. The van der Waals surface area contributed by atoms with E-state index in [1.807, 2.05) is 0 Å². The van der Waals surface area contributed by atoms with Gasteiger partial charge in [-0.3, -0.25) is 0 Å². The molecule has 1 heterocycles. The molecule has 2 aromatic carbocycles. The number of hydrogen-bond acceptors (Lipinski definition) is 2. The van der Waals surface area contributed by atoms with Gasteiger partial charge in [0.05, 0.1) is 0 Å². The average Bonchev–Trinajstić information content (AvgIpc) is 2.73. The quantitative estimate of drug-likeness (QED) is 0.741. The summed E-state index contributed by atoms with van der Waals surface area (Å²) in [5.74, 6) is 0. The van der Waals surface area contributed by atoms with Gasteiger partial charge in [0.15, 0.2) is 0 Å². The highest BCUT2D eigenvalue weighted by atomic mass is 15.4. The Morgan fingerprint density at radius 3 is 1.87 bits per heavy atom. The maximum Gasteiger partial charge on any atom is 0.132 e. The van der Waals surface area contributed by atoms with Crippen molar-refractivity contribution in [3.8, 4) is 0 Å². The zero-order valence-corrected chi connectivity index (χ0v) is 15.0. The molecule has 1 unspecified atom stereocenters. The van der Waals surface area contributed by atoms with Crippen molar-refractivity contribution < 1.29 is 0 Å². The van der Waals surface area contributed by atoms with Crippen LogP contribution in [0.2, 0.25) is 0 Å². The van der Waals surface area contributed by atoms with Gasteiger partial charge < -0.3 is 9.80 Å². The number of allylic oxidation sites excluding steroid dienone is 2. The molecular formula is C21H26N2. The minimum Gasteiger partial charge on any atom is -0.352 e. The molecule has 1 atom stereocenters. The number of para-hydroxylation sites is 1. The third-order valence-corrected chi connectivity index (χ3v) is 5.20. The number of anilines is 1. The van der Waals surface area contributed by atoms with E-state index in [2.05, 4.69) is 93.9 Å². The van der Waals surface area contributed by atoms with Crippen LogP contribution in [-0.4, -0.2) is 11.9 Å². The van der Waals surface area contributed by atoms with E-state index in [1.165, 1.54) is 39.3 Å². The molecule has 0 bridgehead atoms. The molecule has 0 amide bonds. The first-order chi connectivity index (χ1) is 10.9. The Morgan fingerprint density at radius 1 is 0.696 bits per heavy atom. The van der Waals surface area contributed by atoms with Crippen LogP contribution in [0.25, 0.3) is 0 Å². The molecule has 0 saturated carbocycles. The second-order valence-corrected chi connectivity index (χ2v) is 6.62. The third-order valence-electron chi connectivity index (χ3n) is 5.20. The number of nitrogens with zero attached hydrogens (tertiary/aromatic N) is 2. The van der Waals surface area contributed by atoms with Crippen LogP contribution in [0.3, 0.4) is 0 Å². The predicted molar refractivity (Wildman–Crippen MR) is 98.5 cm³/mol. The van der Waals surface area contributed by atoms with Crippen LogP contribution >= 0.6 is 0 Å². The Bertz CT molecular complexity index is 753. The average molecular weight is 306 g/mol. The van der Waals surface area contributed by atoms with E-state index in [4.69, 9.17) is 0 Å². The molecule has 2 heteroatoms. The van der Waals surface area contributed by atoms with Crippen molar-refractivity contribution in [2.24, 2.45) is 0 Å². The van der Waals surface area contributed by atoms with Gasteiger partial charge in [0, 0.05) is 29.7 Å². The van der Waals surface area contributed by atoms with Gasteiger partial charge in [-0.05, 0) is 57.4 Å². The van der Waals surface area contributed by atoms with Crippen molar-refractivity contribution in [3.05, 3.63) is 76.1 Å². The summed E-state index contributed by atoms with van der Waals surface area (Å²) in [4.78, 5) is 4.89. The van der Waals surface area contributed by atoms with Crippen molar-refractivity contribution in [1.82, 2.24) is 4.90 Å². The van der Waals surface area contributed by atoms with E-state index < -0.39 is 0 Å². The lowest BCUT2D eigenvalue weighted by Crippen LogP contribution is -2.32. The summed E-state index contributed by atoms with van der Waals surface area (Å²) >= 11 is 0. The second kappa shape index (κ2) is 5.77. The van der Waals surface area contributed by atoms with Gasteiger partial charge in [-0.1, -0.05) is 36.4 Å². The molecule has 1 aliphatic heterocycles. The fourth-order valence-corrected chi connectivity index (χ4v) is 3.67. The first-order valence-electron chi connectivity index (χ1n) is 8.24. The van der Waals surface area contributed by atoms with Crippen LogP contribution < -0.4 is 4.90 Å². The lowest BCUT2D eigenvalue weighted by atomic mass is 9.98. The summed E-state index contributed by atoms with van der Waals surface area (Å²) in [5, 5.41) is 0. The first kappa shape index (κ1) is 15.7. The molecule has 1 aliphatic rings. The Kier molecular flexibility index (Phi) is 3.93. The summed E-state index contributed by atoms with van der Waals surface area (Å²) in [6.07, 6.45) is 0.220. The molecule has 0 radical (unpaired) electrons. The van der Waals surface area contributed by atoms with Crippen LogP contribution in [0.15, 0.2) is 53.9 Å². The highest BCUT2D eigenvalue weighted by Crippen LogP contribution is 2.44. The van der Waals surface area contributed by atoms with Crippen LogP contribution in [0, 0.1) is 20.8 Å². The van der Waals surface area contributed by atoms with Crippen molar-refractivity contribution in [2.45, 2.75) is 40.8 Å². The van der Waals surface area contributed by atoms with Crippen molar-refractivity contribution >= 4 is 5.69 Å². The van der Waals surface area contributed by atoms with Gasteiger partial charge in [-0.2, -0.15) is 0 Å². The minimum absolute atomic E-state index is 0.220. The summed E-state index contributed by atoms with van der Waals surface area (Å²) < 4.78 is 0. The summed E-state index contributed by atoms with van der Waals surface area (Å²) in [7, 11) is 2.20. The highest BCUT2D eigenvalue weighted by molar-refractivity contribution is 5.62. The maximum atomic E-state index is 2.49. The van der Waals surface area contributed by atoms with E-state index in [9.17, 15) is 0 Å². The Labute approximate surface area is 140 Å². The first-order valence-corrected chi connectivity index (χ1v) is 8.24. The van der Waals surface area contributed by atoms with E-state index in [0.717, 1.165) is 0 Å². The molecule has 3 rings (SSSR count). The topological polar surface area (TPSA) is 6.48 Å². The van der Waals surface area contributed by atoms with E-state index in [0.29, 0.717) is 0 Å². The fourth-order valence-electron chi connectivity index (χ4n) is 3.67. The molecule has 0 saturated heterocycles. The van der Waals surface area contributed by atoms with Gasteiger partial charge in [-0.25, -0.2) is 0 Å². The second-order valence-electron chi connectivity index (χ2n) is 6.62. The maximum absolute atomic E-state index is 2.49. The van der Waals surface area contributed by atoms with Crippen LogP contribution in [0.4, 0.5) is 5.69 Å². The normalized spacial score (nSPS) is 18.1. The van der Waals surface area contributed by atoms with E-state index in [-0.39, 0.29) is 6.17 Å². The molecule has 0 N–H and O–H groups in total. The van der Waals surface area contributed by atoms with Gasteiger partial charge in [-0.15, -0.1) is 0 Å². The monoisotopic (exact) mass is 306 g/mol. The number of rotatable bonds is 2. The summed E-state index contributed by atoms with van der Waals surface area (Å²) in [5.41, 5.74) is 9.38. The zero-order chi connectivity index (χ0) is 16.7. The molecule has 0 spiro atoms. The highest BCUT2D eigenvalue weighted by Gasteiger charge is 2.36. The number of benzene rings is 2. The lowest BCUT2D eigenvalue weighted by molar-refractivity contribution is 0.340. The van der Waals surface area contributed by atoms with Crippen LogP contribution in [-0.2, 0) is 0 Å². The molecule has 2 nitrogen and oxygen atoms in total. The third kappa shape index (κ3) is 2.42. The molecular weight excluding hydrogens is 280 g/mol. The lowest BCUT2D eigenvalue weighted by Gasteiger charge is -2.35. The predicted octanol–water partition coefficient (Wildman–Crippen LogP) is 5.31. The smallest absolute Gasteiger partial charge is 0.132 e. The van der Waals surface area contributed by atoms with Crippen molar-refractivity contribution in [2.75, 3.05) is 11.9 Å². The van der Waals surface area contributed by atoms with Crippen LogP contribution in [0.1, 0.15) is 42.3 Å². The Hall–Kier alpha value is -2.22. The van der Waals surface area contributed by atoms with Crippen LogP contribution in [0.5, 0.6) is 0 Å². The molecule has 0 fully saturated rings. The molecule has 2 aromatic rings. The SMILES string of the molecule is CC1=C(C)N(c2ccccc2C)C(c2c(C)cccc2C)N1C. The summed E-state index contributed by atoms with van der Waals surface area (Å²) in [6.45, 7) is 11.1. The summed E-state index contributed by atoms with van der Waals surface area (Å²) in [6, 6.07) is 15.2. The zero-order valence-electron chi connectivity index (χ0n) is 15.0. The van der Waals surface area contributed by atoms with Crippen molar-refractivity contribution in [3.63, 3.8) is 0 Å². The van der Waals surface area contributed by atoms with Gasteiger partial charge in [0.2, 0.25) is 0 Å². The molecule has 23 heavy (non-hydrogen) atoms. The minimum atomic E-state index is 0.220. The van der Waals surface area contributed by atoms with E-state index in [1.54, 1.807) is 0 Å². The van der Waals surface area contributed by atoms with Gasteiger partial charge >= 0.3 is 0 Å². The van der Waals surface area contributed by atoms with Gasteiger partial charge in [0.1, 0.15) is 6.17 Å². The standard InChI is InChI=1S/C21H26N2/c1-14-10-7-8-13-19(14)23-18(5)17(4)22(6)21(23)20-15(2)11-9-12-16(20)3/h7-13,21H,1-6H3. The molecule has 120 valence electrons. The fraction of sp³-hybridized carbons (Fsp3) is 0.333. The Morgan fingerprint density at radius 2 is 1.26 bits per heavy atom. The number of aryl methyl sites for hydroxylation is 3. The van der Waals surface area contributed by atoms with E-state index >= 15 is 0 Å². The molecule has 0 aliphatic carbocycles. The Balaban J connectivity index is 2.21.